The molecule has 7 heteroatoms. The summed E-state index contributed by atoms with van der Waals surface area (Å²) >= 11 is 0. The first-order chi connectivity index (χ1) is 9.95. The lowest BCUT2D eigenvalue weighted by molar-refractivity contribution is 0.0690. The topological polar surface area (TPSA) is 72.8 Å². The van der Waals surface area contributed by atoms with E-state index in [4.69, 9.17) is 5.11 Å². The molecule has 116 valence electrons. The Kier molecular flexibility index (Phi) is 5.08. The third-order valence-electron chi connectivity index (χ3n) is 3.58. The highest BCUT2D eigenvalue weighted by molar-refractivity contribution is 5.85. The highest BCUT2D eigenvalue weighted by Crippen LogP contribution is 2.13. The second-order valence-electron chi connectivity index (χ2n) is 5.63. The second-order valence-corrected chi connectivity index (χ2v) is 5.63. The summed E-state index contributed by atoms with van der Waals surface area (Å²) in [5.41, 5.74) is 0.750. The Balaban J connectivity index is 1.97. The average Bonchev–Trinajstić information content (AvgIpc) is 2.45. The summed E-state index contributed by atoms with van der Waals surface area (Å²) in [7, 11) is 4.15. The third-order valence-corrected chi connectivity index (χ3v) is 3.58. The summed E-state index contributed by atoms with van der Waals surface area (Å²) in [6, 6.07) is 1.50. The number of likely N-dealkylation sites (N-methyl/N-ethyl adjacent to an activating group) is 1. The highest BCUT2D eigenvalue weighted by Gasteiger charge is 2.20. The Hall–Kier alpha value is -1.73. The Morgan fingerprint density at radius 2 is 1.95 bits per heavy atom. The second kappa shape index (κ2) is 6.82. The molecule has 0 saturated carbocycles. The molecule has 21 heavy (non-hydrogen) atoms. The molecule has 2 rings (SSSR count). The maximum absolute atomic E-state index is 11.1. The van der Waals surface area contributed by atoms with Crippen molar-refractivity contribution in [2.24, 2.45) is 0 Å². The smallest absolute Gasteiger partial charge is 0.354 e. The molecule has 0 radical (unpaired) electrons. The molecule has 2 heterocycles. The maximum atomic E-state index is 11.1. The average molecular weight is 293 g/mol. The van der Waals surface area contributed by atoms with Crippen LogP contribution in [-0.2, 0) is 0 Å². The summed E-state index contributed by atoms with van der Waals surface area (Å²) in [5, 5.41) is 9.07. The molecule has 0 unspecified atom stereocenters. The third kappa shape index (κ3) is 4.37. The van der Waals surface area contributed by atoms with Crippen molar-refractivity contribution in [1.82, 2.24) is 19.8 Å². The maximum Gasteiger partial charge on any atom is 0.354 e. The number of anilines is 1. The van der Waals surface area contributed by atoms with Gasteiger partial charge in [0.1, 0.15) is 0 Å². The molecule has 0 bridgehead atoms. The fourth-order valence-electron chi connectivity index (χ4n) is 2.32. The molecule has 1 aromatic rings. The van der Waals surface area contributed by atoms with Gasteiger partial charge in [0.2, 0.25) is 5.95 Å². The van der Waals surface area contributed by atoms with Crippen LogP contribution in [0.2, 0.25) is 0 Å². The van der Waals surface area contributed by atoms with Gasteiger partial charge in [0.15, 0.2) is 5.69 Å². The van der Waals surface area contributed by atoms with E-state index in [2.05, 4.69) is 38.8 Å². The van der Waals surface area contributed by atoms with Crippen LogP contribution >= 0.6 is 0 Å². The van der Waals surface area contributed by atoms with E-state index in [1.807, 2.05) is 0 Å². The molecule has 1 aromatic heterocycles. The Labute approximate surface area is 125 Å². The van der Waals surface area contributed by atoms with E-state index in [0.717, 1.165) is 39.3 Å². The predicted octanol–water partition coefficient (Wildman–Crippen LogP) is 0.167. The summed E-state index contributed by atoms with van der Waals surface area (Å²) in [5.74, 6) is -0.481. The van der Waals surface area contributed by atoms with E-state index in [0.29, 0.717) is 11.6 Å². The predicted molar refractivity (Wildman–Crippen MR) is 80.9 cm³/mol. The molecular weight excluding hydrogens is 270 g/mol. The summed E-state index contributed by atoms with van der Waals surface area (Å²) in [4.78, 5) is 26.2. The Morgan fingerprint density at radius 1 is 1.29 bits per heavy atom. The van der Waals surface area contributed by atoms with E-state index in [1.54, 1.807) is 6.92 Å². The van der Waals surface area contributed by atoms with Crippen molar-refractivity contribution in [3.8, 4) is 0 Å². The summed E-state index contributed by atoms with van der Waals surface area (Å²) in [6.07, 6.45) is 0. The van der Waals surface area contributed by atoms with Gasteiger partial charge < -0.3 is 14.9 Å². The Bertz CT molecular complexity index is 498. The van der Waals surface area contributed by atoms with Crippen LogP contribution in [0.15, 0.2) is 6.07 Å². The van der Waals surface area contributed by atoms with Gasteiger partial charge in [0.05, 0.1) is 0 Å². The molecule has 1 aliphatic heterocycles. The van der Waals surface area contributed by atoms with Crippen LogP contribution in [0, 0.1) is 6.92 Å². The number of aromatic nitrogens is 2. The van der Waals surface area contributed by atoms with Gasteiger partial charge in [0, 0.05) is 45.0 Å². The fourth-order valence-corrected chi connectivity index (χ4v) is 2.32. The van der Waals surface area contributed by atoms with Gasteiger partial charge >= 0.3 is 5.97 Å². The monoisotopic (exact) mass is 293 g/mol. The molecule has 1 saturated heterocycles. The molecule has 0 aromatic carbocycles. The first-order valence-corrected chi connectivity index (χ1v) is 7.16. The number of carbonyl (C=O) groups is 1. The number of carboxylic acid groups (broad SMARTS) is 1. The minimum Gasteiger partial charge on any atom is -0.477 e. The van der Waals surface area contributed by atoms with Crippen LogP contribution in [0.4, 0.5) is 5.95 Å². The van der Waals surface area contributed by atoms with Gasteiger partial charge in [-0.05, 0) is 27.1 Å². The van der Waals surface area contributed by atoms with Gasteiger partial charge in [-0.25, -0.2) is 14.8 Å². The molecule has 0 spiro atoms. The van der Waals surface area contributed by atoms with E-state index in [1.165, 1.54) is 6.07 Å². The van der Waals surface area contributed by atoms with Crippen LogP contribution < -0.4 is 4.90 Å². The number of rotatable bonds is 5. The van der Waals surface area contributed by atoms with Crippen molar-refractivity contribution in [2.45, 2.75) is 6.92 Å². The van der Waals surface area contributed by atoms with Gasteiger partial charge in [-0.3, -0.25) is 4.90 Å². The van der Waals surface area contributed by atoms with Gasteiger partial charge in [-0.1, -0.05) is 0 Å². The van der Waals surface area contributed by atoms with Crippen LogP contribution in [0.3, 0.4) is 0 Å². The zero-order valence-electron chi connectivity index (χ0n) is 12.9. The molecule has 7 nitrogen and oxygen atoms in total. The largest absolute Gasteiger partial charge is 0.477 e. The zero-order valence-corrected chi connectivity index (χ0v) is 12.9. The normalized spacial score (nSPS) is 16.5. The number of piperazine rings is 1. The lowest BCUT2D eigenvalue weighted by Crippen LogP contribution is -2.48. The number of hydrogen-bond donors (Lipinski definition) is 1. The van der Waals surface area contributed by atoms with Crippen molar-refractivity contribution in [3.05, 3.63) is 17.5 Å². The number of aromatic carboxylic acids is 1. The minimum atomic E-state index is -1.01. The minimum absolute atomic E-state index is 0.0625. The first kappa shape index (κ1) is 15.7. The summed E-state index contributed by atoms with van der Waals surface area (Å²) in [6.45, 7) is 7.46. The molecule has 0 aliphatic carbocycles. The molecule has 1 N–H and O–H groups in total. The van der Waals surface area contributed by atoms with Gasteiger partial charge in [-0.2, -0.15) is 0 Å². The van der Waals surface area contributed by atoms with Crippen LogP contribution in [-0.4, -0.2) is 84.2 Å². The van der Waals surface area contributed by atoms with E-state index < -0.39 is 5.97 Å². The number of nitrogens with zero attached hydrogens (tertiary/aromatic N) is 5. The standard InChI is InChI=1S/C14H23N5O2/c1-11-10-12(13(20)21)16-14(15-11)19-8-6-18(7-9-19)5-4-17(2)3/h10H,4-9H2,1-3H3,(H,20,21). The van der Waals surface area contributed by atoms with E-state index in [9.17, 15) is 4.79 Å². The molecular formula is C14H23N5O2. The van der Waals surface area contributed by atoms with Crippen molar-refractivity contribution in [3.63, 3.8) is 0 Å². The Morgan fingerprint density at radius 3 is 2.52 bits per heavy atom. The van der Waals surface area contributed by atoms with E-state index >= 15 is 0 Å². The van der Waals surface area contributed by atoms with Crippen molar-refractivity contribution < 1.29 is 9.90 Å². The lowest BCUT2D eigenvalue weighted by atomic mass is 10.3. The van der Waals surface area contributed by atoms with Crippen molar-refractivity contribution in [2.75, 3.05) is 58.3 Å². The number of aryl methyl sites for hydroxylation is 1. The summed E-state index contributed by atoms with van der Waals surface area (Å²) < 4.78 is 0. The van der Waals surface area contributed by atoms with E-state index in [-0.39, 0.29) is 5.69 Å². The number of carboxylic acids is 1. The van der Waals surface area contributed by atoms with Gasteiger partial charge in [0.25, 0.3) is 0 Å². The highest BCUT2D eigenvalue weighted by atomic mass is 16.4. The lowest BCUT2D eigenvalue weighted by Gasteiger charge is -2.35. The molecule has 1 fully saturated rings. The van der Waals surface area contributed by atoms with Crippen molar-refractivity contribution >= 4 is 11.9 Å². The van der Waals surface area contributed by atoms with Crippen molar-refractivity contribution in [1.29, 1.82) is 0 Å². The SMILES string of the molecule is Cc1cc(C(=O)O)nc(N2CCN(CCN(C)C)CC2)n1. The fraction of sp³-hybridized carbons (Fsp3) is 0.643. The zero-order chi connectivity index (χ0) is 15.4. The number of hydrogen-bond acceptors (Lipinski definition) is 6. The first-order valence-electron chi connectivity index (χ1n) is 7.16. The molecule has 1 aliphatic rings. The molecule has 0 amide bonds. The van der Waals surface area contributed by atoms with Crippen LogP contribution in [0.1, 0.15) is 16.2 Å². The quantitative estimate of drug-likeness (QED) is 0.829. The molecule has 0 atom stereocenters. The van der Waals surface area contributed by atoms with Gasteiger partial charge in [-0.15, -0.1) is 0 Å². The van der Waals surface area contributed by atoms with Crippen LogP contribution in [0.25, 0.3) is 0 Å². The van der Waals surface area contributed by atoms with Crippen LogP contribution in [0.5, 0.6) is 0 Å².